The molecule has 1 saturated heterocycles. The molecule has 1 heterocycles. The summed E-state index contributed by atoms with van der Waals surface area (Å²) in [6.07, 6.45) is 5.50. The van der Waals surface area contributed by atoms with Gasteiger partial charge in [-0.05, 0) is 74.2 Å². The number of hydrogen-bond donors (Lipinski definition) is 2. The third-order valence-electron chi connectivity index (χ3n) is 7.80. The second-order valence-corrected chi connectivity index (χ2v) is 9.59. The van der Waals surface area contributed by atoms with Crippen LogP contribution in [-0.2, 0) is 16.6 Å². The van der Waals surface area contributed by atoms with Crippen molar-refractivity contribution in [1.29, 1.82) is 0 Å². The molecule has 4 aliphatic rings. The first-order valence-corrected chi connectivity index (χ1v) is 10.3. The van der Waals surface area contributed by atoms with Crippen molar-refractivity contribution in [3.63, 3.8) is 0 Å². The van der Waals surface area contributed by atoms with Gasteiger partial charge in [-0.3, -0.25) is 9.69 Å². The van der Waals surface area contributed by atoms with Crippen molar-refractivity contribution < 1.29 is 15.0 Å². The summed E-state index contributed by atoms with van der Waals surface area (Å²) in [7, 11) is 3.61. The number of carbonyl (C=O) groups excluding carboxylic acids is 1. The third-order valence-corrected chi connectivity index (χ3v) is 7.80. The fourth-order valence-corrected chi connectivity index (χ4v) is 6.37. The lowest BCUT2D eigenvalue weighted by Crippen LogP contribution is -2.69. The van der Waals surface area contributed by atoms with Crippen LogP contribution in [0.3, 0.4) is 0 Å². The van der Waals surface area contributed by atoms with Crippen molar-refractivity contribution in [2.45, 2.75) is 55.6 Å². The number of phenolic OH excluding ortho intramolecular Hbond substituents is 1. The summed E-state index contributed by atoms with van der Waals surface area (Å²) < 4.78 is 0. The van der Waals surface area contributed by atoms with E-state index in [1.807, 2.05) is 12.1 Å². The highest BCUT2D eigenvalue weighted by atomic mass is 16.3. The monoisotopic (exact) mass is 370 g/mol. The van der Waals surface area contributed by atoms with Gasteiger partial charge in [0.1, 0.15) is 5.75 Å². The minimum Gasteiger partial charge on any atom is -0.508 e. The van der Waals surface area contributed by atoms with E-state index in [2.05, 4.69) is 4.90 Å². The predicted molar refractivity (Wildman–Crippen MR) is 103 cm³/mol. The van der Waals surface area contributed by atoms with Gasteiger partial charge in [-0.25, -0.2) is 0 Å². The van der Waals surface area contributed by atoms with E-state index in [1.54, 1.807) is 25.1 Å². The minimum atomic E-state index is -0.892. The van der Waals surface area contributed by atoms with Crippen LogP contribution < -0.4 is 0 Å². The summed E-state index contributed by atoms with van der Waals surface area (Å²) in [6.45, 7) is 2.05. The molecule has 0 spiro atoms. The van der Waals surface area contributed by atoms with Gasteiger partial charge in [0, 0.05) is 38.0 Å². The Morgan fingerprint density at radius 3 is 2.78 bits per heavy atom. The maximum Gasteiger partial charge on any atom is 0.225 e. The average Bonchev–Trinajstić information content (AvgIpc) is 3.37. The summed E-state index contributed by atoms with van der Waals surface area (Å²) in [4.78, 5) is 17.0. The molecule has 1 aromatic rings. The fraction of sp³-hybridized carbons (Fsp3) is 0.682. The van der Waals surface area contributed by atoms with Gasteiger partial charge in [-0.2, -0.15) is 0 Å². The van der Waals surface area contributed by atoms with Gasteiger partial charge in [0.2, 0.25) is 5.91 Å². The number of hydrogen-bond acceptors (Lipinski definition) is 4. The molecule has 2 N–H and O–H groups in total. The summed E-state index contributed by atoms with van der Waals surface area (Å²) in [5, 5.41) is 22.3. The third kappa shape index (κ3) is 2.40. The summed E-state index contributed by atoms with van der Waals surface area (Å²) in [6, 6.07) is 5.72. The van der Waals surface area contributed by atoms with Crippen LogP contribution in [0.5, 0.6) is 5.75 Å². The number of piperidine rings is 1. The smallest absolute Gasteiger partial charge is 0.225 e. The van der Waals surface area contributed by atoms with E-state index in [1.165, 1.54) is 18.4 Å². The zero-order valence-corrected chi connectivity index (χ0v) is 16.3. The van der Waals surface area contributed by atoms with E-state index >= 15 is 0 Å². The molecule has 2 saturated carbocycles. The van der Waals surface area contributed by atoms with Crippen LogP contribution >= 0.6 is 0 Å². The van der Waals surface area contributed by atoms with Crippen molar-refractivity contribution in [3.05, 3.63) is 29.3 Å². The number of aliphatic hydroxyl groups is 1. The molecular weight excluding hydrogens is 340 g/mol. The van der Waals surface area contributed by atoms with Crippen LogP contribution in [0.25, 0.3) is 0 Å². The fourth-order valence-electron chi connectivity index (χ4n) is 6.37. The van der Waals surface area contributed by atoms with Crippen molar-refractivity contribution >= 4 is 5.91 Å². The van der Waals surface area contributed by atoms with Crippen LogP contribution in [0.15, 0.2) is 18.2 Å². The number of rotatable bonds is 3. The lowest BCUT2D eigenvalue weighted by Gasteiger charge is -2.59. The zero-order chi connectivity index (χ0) is 19.0. The molecule has 5 rings (SSSR count). The largest absolute Gasteiger partial charge is 0.508 e. The Hall–Kier alpha value is -1.59. The van der Waals surface area contributed by atoms with Gasteiger partial charge in [-0.1, -0.05) is 6.07 Å². The van der Waals surface area contributed by atoms with Crippen LogP contribution in [0.2, 0.25) is 0 Å². The van der Waals surface area contributed by atoms with Gasteiger partial charge in [0.15, 0.2) is 0 Å². The maximum atomic E-state index is 12.8. The van der Waals surface area contributed by atoms with Crippen molar-refractivity contribution in [2.24, 2.45) is 11.8 Å². The number of phenols is 1. The highest BCUT2D eigenvalue weighted by Crippen LogP contribution is 2.62. The Kier molecular flexibility index (Phi) is 3.70. The Morgan fingerprint density at radius 1 is 1.30 bits per heavy atom. The molecule has 3 fully saturated rings. The first-order valence-electron chi connectivity index (χ1n) is 10.3. The second-order valence-electron chi connectivity index (χ2n) is 9.59. The molecule has 1 aliphatic heterocycles. The molecule has 5 nitrogen and oxygen atoms in total. The van der Waals surface area contributed by atoms with Gasteiger partial charge in [-0.15, -0.1) is 0 Å². The predicted octanol–water partition coefficient (Wildman–Crippen LogP) is 1.90. The highest BCUT2D eigenvalue weighted by molar-refractivity contribution is 5.79. The van der Waals surface area contributed by atoms with E-state index in [9.17, 15) is 15.0 Å². The number of aromatic hydroxyl groups is 1. The van der Waals surface area contributed by atoms with E-state index in [-0.39, 0.29) is 23.6 Å². The molecule has 27 heavy (non-hydrogen) atoms. The highest BCUT2D eigenvalue weighted by Gasteiger charge is 2.68. The van der Waals surface area contributed by atoms with E-state index in [4.69, 9.17) is 0 Å². The Labute approximate surface area is 161 Å². The quantitative estimate of drug-likeness (QED) is 0.853. The van der Waals surface area contributed by atoms with Crippen LogP contribution in [-0.4, -0.2) is 64.7 Å². The van der Waals surface area contributed by atoms with Crippen molar-refractivity contribution in [3.8, 4) is 5.75 Å². The first-order chi connectivity index (χ1) is 12.8. The molecule has 0 radical (unpaired) electrons. The summed E-state index contributed by atoms with van der Waals surface area (Å²) >= 11 is 0. The molecule has 4 atom stereocenters. The maximum absolute atomic E-state index is 12.8. The van der Waals surface area contributed by atoms with Crippen molar-refractivity contribution in [2.75, 3.05) is 27.2 Å². The number of nitrogens with zero attached hydrogens (tertiary/aromatic N) is 2. The molecule has 1 aromatic carbocycles. The van der Waals surface area contributed by atoms with E-state index < -0.39 is 11.0 Å². The zero-order valence-electron chi connectivity index (χ0n) is 16.3. The summed E-state index contributed by atoms with van der Waals surface area (Å²) in [5.74, 6) is 1.00. The number of carbonyl (C=O) groups is 1. The number of benzene rings is 1. The lowest BCUT2D eigenvalue weighted by molar-refractivity contribution is -0.137. The van der Waals surface area contributed by atoms with Gasteiger partial charge in [0.25, 0.3) is 0 Å². The number of fused-ring (bicyclic) bond motifs is 1. The summed E-state index contributed by atoms with van der Waals surface area (Å²) in [5.41, 5.74) is 1.01. The van der Waals surface area contributed by atoms with E-state index in [0.717, 1.165) is 37.4 Å². The van der Waals surface area contributed by atoms with Crippen LogP contribution in [0, 0.1) is 11.8 Å². The minimum absolute atomic E-state index is 0.0730. The van der Waals surface area contributed by atoms with Crippen LogP contribution in [0.1, 0.15) is 43.2 Å². The second kappa shape index (κ2) is 5.71. The molecule has 5 heteroatoms. The first kappa shape index (κ1) is 17.5. The van der Waals surface area contributed by atoms with Gasteiger partial charge < -0.3 is 15.1 Å². The molecule has 1 amide bonds. The SMILES string of the molecule is CN(C)C(=O)[C@@H]1C[C@]23CCN(CC4CC4)[C@H](Cc4ccc(O)cc42)[C@]3(O)C1. The normalized spacial score (nSPS) is 37.6. The standard InChI is InChI=1S/C22H30N2O3/c1-23(2)20(26)16-11-21-7-8-24(13-14-3-4-14)19(22(21,27)12-16)9-15-5-6-17(25)10-18(15)21/h5-6,10,14,16,19,25,27H,3-4,7-9,11-13H2,1-2H3/t16-,19-,21-,22-/m1/s1. The molecule has 0 unspecified atom stereocenters. The number of amides is 1. The van der Waals surface area contributed by atoms with Gasteiger partial charge >= 0.3 is 0 Å². The molecule has 146 valence electrons. The van der Waals surface area contributed by atoms with E-state index in [0.29, 0.717) is 12.8 Å². The lowest BCUT2D eigenvalue weighted by atomic mass is 9.56. The van der Waals surface area contributed by atoms with Crippen LogP contribution in [0.4, 0.5) is 0 Å². The Morgan fingerprint density at radius 2 is 2.07 bits per heavy atom. The van der Waals surface area contributed by atoms with Gasteiger partial charge in [0.05, 0.1) is 5.60 Å². The molecule has 3 aliphatic carbocycles. The topological polar surface area (TPSA) is 64.0 Å². The Bertz CT molecular complexity index is 790. The number of likely N-dealkylation sites (tertiary alicyclic amines) is 1. The van der Waals surface area contributed by atoms with Crippen molar-refractivity contribution in [1.82, 2.24) is 9.80 Å². The Balaban J connectivity index is 1.61. The molecule has 0 aromatic heterocycles. The molecular formula is C22H30N2O3. The molecule has 2 bridgehead atoms. The average molecular weight is 370 g/mol.